The molecule has 0 aromatic heterocycles. The SMILES string of the molecule is CN(C)CCNC(=O)c1ccc2c(c1)NC(=O)C(=Cc1ccc(Cl)cc1)O2. The van der Waals surface area contributed by atoms with Gasteiger partial charge < -0.3 is 20.3 Å². The first-order valence-electron chi connectivity index (χ1n) is 8.46. The Balaban J connectivity index is 1.74. The van der Waals surface area contributed by atoms with E-state index in [1.54, 1.807) is 48.5 Å². The second kappa shape index (κ2) is 8.24. The molecule has 0 atom stereocenters. The minimum absolute atomic E-state index is 0.174. The molecule has 2 amide bonds. The highest BCUT2D eigenvalue weighted by atomic mass is 35.5. The maximum absolute atomic E-state index is 12.3. The molecule has 1 aliphatic rings. The van der Waals surface area contributed by atoms with Crippen LogP contribution in [0.4, 0.5) is 5.69 Å². The van der Waals surface area contributed by atoms with Gasteiger partial charge in [0.2, 0.25) is 0 Å². The molecule has 0 saturated heterocycles. The maximum Gasteiger partial charge on any atom is 0.291 e. The van der Waals surface area contributed by atoms with Crippen LogP contribution in [0, 0.1) is 0 Å². The summed E-state index contributed by atoms with van der Waals surface area (Å²) < 4.78 is 5.70. The Kier molecular flexibility index (Phi) is 5.78. The third kappa shape index (κ3) is 4.87. The summed E-state index contributed by atoms with van der Waals surface area (Å²) in [6, 6.07) is 12.0. The molecule has 0 radical (unpaired) electrons. The number of nitrogens with zero attached hydrogens (tertiary/aromatic N) is 1. The van der Waals surface area contributed by atoms with E-state index in [1.807, 2.05) is 19.0 Å². The molecule has 0 bridgehead atoms. The number of amides is 2. The molecular formula is C20H20ClN3O3. The van der Waals surface area contributed by atoms with Crippen LogP contribution in [0.1, 0.15) is 15.9 Å². The summed E-state index contributed by atoms with van der Waals surface area (Å²) in [5.41, 5.74) is 1.72. The normalized spacial score (nSPS) is 14.5. The van der Waals surface area contributed by atoms with E-state index in [-0.39, 0.29) is 17.6 Å². The Morgan fingerprint density at radius 2 is 1.96 bits per heavy atom. The van der Waals surface area contributed by atoms with Crippen molar-refractivity contribution < 1.29 is 14.3 Å². The van der Waals surface area contributed by atoms with E-state index >= 15 is 0 Å². The van der Waals surface area contributed by atoms with Crippen LogP contribution in [0.15, 0.2) is 48.2 Å². The number of nitrogens with one attached hydrogen (secondary N) is 2. The molecule has 2 aromatic carbocycles. The quantitative estimate of drug-likeness (QED) is 0.776. The van der Waals surface area contributed by atoms with Crippen LogP contribution in [0.3, 0.4) is 0 Å². The van der Waals surface area contributed by atoms with Crippen molar-refractivity contribution >= 4 is 35.2 Å². The standard InChI is InChI=1S/C20H20ClN3O3/c1-24(2)10-9-22-19(25)14-5-8-17-16(12-14)23-20(26)18(27-17)11-13-3-6-15(21)7-4-13/h3-8,11-12H,9-10H2,1-2H3,(H,22,25)(H,23,26). The lowest BCUT2D eigenvalue weighted by molar-refractivity contribution is -0.115. The van der Waals surface area contributed by atoms with E-state index in [0.717, 1.165) is 12.1 Å². The van der Waals surface area contributed by atoms with Crippen molar-refractivity contribution in [3.05, 3.63) is 64.4 Å². The fraction of sp³-hybridized carbons (Fsp3) is 0.200. The van der Waals surface area contributed by atoms with E-state index in [0.29, 0.717) is 28.6 Å². The Morgan fingerprint density at radius 1 is 1.22 bits per heavy atom. The van der Waals surface area contributed by atoms with Gasteiger partial charge in [-0.2, -0.15) is 0 Å². The molecule has 2 N–H and O–H groups in total. The Hall–Kier alpha value is -2.83. The highest BCUT2D eigenvalue weighted by molar-refractivity contribution is 6.30. The number of hydrogen-bond donors (Lipinski definition) is 2. The number of likely N-dealkylation sites (N-methyl/N-ethyl adjacent to an activating group) is 1. The summed E-state index contributed by atoms with van der Waals surface area (Å²) in [7, 11) is 3.88. The highest BCUT2D eigenvalue weighted by Gasteiger charge is 2.23. The van der Waals surface area contributed by atoms with Gasteiger partial charge in [-0.15, -0.1) is 0 Å². The largest absolute Gasteiger partial charge is 0.449 e. The van der Waals surface area contributed by atoms with Crippen LogP contribution < -0.4 is 15.4 Å². The second-order valence-corrected chi connectivity index (χ2v) is 6.82. The molecule has 3 rings (SSSR count). The molecule has 7 heteroatoms. The van der Waals surface area contributed by atoms with Crippen molar-refractivity contribution in [2.45, 2.75) is 0 Å². The van der Waals surface area contributed by atoms with Crippen LogP contribution in [0.25, 0.3) is 6.08 Å². The Morgan fingerprint density at radius 3 is 2.67 bits per heavy atom. The minimum atomic E-state index is -0.373. The molecule has 0 fully saturated rings. The lowest BCUT2D eigenvalue weighted by Gasteiger charge is -2.20. The third-order valence-corrected chi connectivity index (χ3v) is 4.20. The van der Waals surface area contributed by atoms with Gasteiger partial charge in [0.1, 0.15) is 0 Å². The van der Waals surface area contributed by atoms with Crippen molar-refractivity contribution in [2.75, 3.05) is 32.5 Å². The van der Waals surface area contributed by atoms with Crippen LogP contribution in [0.2, 0.25) is 5.02 Å². The van der Waals surface area contributed by atoms with E-state index in [9.17, 15) is 9.59 Å². The first kappa shape index (κ1) is 18.9. The van der Waals surface area contributed by atoms with Crippen molar-refractivity contribution in [1.82, 2.24) is 10.2 Å². The van der Waals surface area contributed by atoms with Gasteiger partial charge in [0.05, 0.1) is 5.69 Å². The molecule has 0 spiro atoms. The Labute approximate surface area is 162 Å². The molecule has 140 valence electrons. The number of ether oxygens (including phenoxy) is 1. The number of rotatable bonds is 5. The Bertz CT molecular complexity index is 892. The van der Waals surface area contributed by atoms with Gasteiger partial charge in [0, 0.05) is 23.7 Å². The molecule has 1 aliphatic heterocycles. The highest BCUT2D eigenvalue weighted by Crippen LogP contribution is 2.32. The van der Waals surface area contributed by atoms with E-state index in [4.69, 9.17) is 16.3 Å². The number of halogens is 1. The number of fused-ring (bicyclic) bond motifs is 1. The third-order valence-electron chi connectivity index (χ3n) is 3.95. The van der Waals surface area contributed by atoms with E-state index < -0.39 is 0 Å². The number of hydrogen-bond acceptors (Lipinski definition) is 4. The number of carbonyl (C=O) groups excluding carboxylic acids is 2. The zero-order chi connectivity index (χ0) is 19.4. The van der Waals surface area contributed by atoms with E-state index in [2.05, 4.69) is 10.6 Å². The fourth-order valence-corrected chi connectivity index (χ4v) is 2.63. The van der Waals surface area contributed by atoms with Gasteiger partial charge in [0.25, 0.3) is 11.8 Å². The zero-order valence-electron chi connectivity index (χ0n) is 15.1. The van der Waals surface area contributed by atoms with Crippen molar-refractivity contribution in [3.63, 3.8) is 0 Å². The van der Waals surface area contributed by atoms with Gasteiger partial charge in [-0.1, -0.05) is 23.7 Å². The summed E-state index contributed by atoms with van der Waals surface area (Å²) >= 11 is 5.87. The van der Waals surface area contributed by atoms with Crippen LogP contribution in [-0.2, 0) is 4.79 Å². The van der Waals surface area contributed by atoms with Crippen molar-refractivity contribution in [3.8, 4) is 5.75 Å². The summed E-state index contributed by atoms with van der Waals surface area (Å²) in [5.74, 6) is 0.0895. The molecule has 6 nitrogen and oxygen atoms in total. The molecular weight excluding hydrogens is 366 g/mol. The van der Waals surface area contributed by atoms with Crippen molar-refractivity contribution in [1.29, 1.82) is 0 Å². The monoisotopic (exact) mass is 385 g/mol. The number of benzene rings is 2. The molecule has 0 saturated carbocycles. The van der Waals surface area contributed by atoms with Crippen LogP contribution in [0.5, 0.6) is 5.75 Å². The number of carbonyl (C=O) groups is 2. The summed E-state index contributed by atoms with van der Waals surface area (Å²) in [6.45, 7) is 1.29. The predicted octanol–water partition coefficient (Wildman–Crippen LogP) is 3.00. The summed E-state index contributed by atoms with van der Waals surface area (Å²) in [4.78, 5) is 26.5. The average Bonchev–Trinajstić information content (AvgIpc) is 2.63. The smallest absolute Gasteiger partial charge is 0.291 e. The van der Waals surface area contributed by atoms with Gasteiger partial charge in [-0.3, -0.25) is 9.59 Å². The topological polar surface area (TPSA) is 70.7 Å². The average molecular weight is 386 g/mol. The second-order valence-electron chi connectivity index (χ2n) is 6.39. The van der Waals surface area contributed by atoms with Gasteiger partial charge >= 0.3 is 0 Å². The van der Waals surface area contributed by atoms with E-state index in [1.165, 1.54) is 0 Å². The maximum atomic E-state index is 12.3. The summed E-state index contributed by atoms with van der Waals surface area (Å²) in [6.07, 6.45) is 1.64. The first-order valence-corrected chi connectivity index (χ1v) is 8.83. The van der Waals surface area contributed by atoms with Gasteiger partial charge in [-0.05, 0) is 56.1 Å². The number of anilines is 1. The van der Waals surface area contributed by atoms with Crippen molar-refractivity contribution in [2.24, 2.45) is 0 Å². The molecule has 1 heterocycles. The van der Waals surface area contributed by atoms with Crippen LogP contribution >= 0.6 is 11.6 Å². The zero-order valence-corrected chi connectivity index (χ0v) is 15.8. The molecule has 2 aromatic rings. The lowest BCUT2D eigenvalue weighted by atomic mass is 10.1. The minimum Gasteiger partial charge on any atom is -0.449 e. The molecule has 0 aliphatic carbocycles. The first-order chi connectivity index (χ1) is 12.9. The molecule has 27 heavy (non-hydrogen) atoms. The summed E-state index contributed by atoms with van der Waals surface area (Å²) in [5, 5.41) is 6.22. The van der Waals surface area contributed by atoms with Crippen LogP contribution in [-0.4, -0.2) is 43.9 Å². The predicted molar refractivity (Wildman–Crippen MR) is 106 cm³/mol. The molecule has 0 unspecified atom stereocenters. The van der Waals surface area contributed by atoms with Gasteiger partial charge in [0.15, 0.2) is 11.5 Å². The van der Waals surface area contributed by atoms with Gasteiger partial charge in [-0.25, -0.2) is 0 Å². The lowest BCUT2D eigenvalue weighted by Crippen LogP contribution is -2.31. The fourth-order valence-electron chi connectivity index (χ4n) is 2.51.